The fourth-order valence-electron chi connectivity index (χ4n) is 2.90. The van der Waals surface area contributed by atoms with Gasteiger partial charge in [-0.15, -0.1) is 0 Å². The van der Waals surface area contributed by atoms with Crippen LogP contribution in [0.4, 0.5) is 5.69 Å². The Morgan fingerprint density at radius 1 is 1.26 bits per heavy atom. The van der Waals surface area contributed by atoms with E-state index in [1.807, 2.05) is 12.1 Å². The van der Waals surface area contributed by atoms with Crippen molar-refractivity contribution in [3.8, 4) is 0 Å². The third-order valence-electron chi connectivity index (χ3n) is 4.11. The van der Waals surface area contributed by atoms with Crippen LogP contribution in [0.2, 0.25) is 0 Å². The minimum Gasteiger partial charge on any atom is -0.399 e. The van der Waals surface area contributed by atoms with Crippen molar-refractivity contribution in [3.63, 3.8) is 0 Å². The molecule has 1 aliphatic carbocycles. The first kappa shape index (κ1) is 13.9. The first-order chi connectivity index (χ1) is 9.16. The van der Waals surface area contributed by atoms with Crippen LogP contribution in [0, 0.1) is 5.92 Å². The van der Waals surface area contributed by atoms with Gasteiger partial charge in [-0.2, -0.15) is 0 Å². The summed E-state index contributed by atoms with van der Waals surface area (Å²) in [5.74, 6) is 0.608. The molecule has 19 heavy (non-hydrogen) atoms. The highest BCUT2D eigenvalue weighted by atomic mass is 16.1. The van der Waals surface area contributed by atoms with Gasteiger partial charge in [0.05, 0.1) is 0 Å². The van der Waals surface area contributed by atoms with Gasteiger partial charge in [0.2, 0.25) is 0 Å². The lowest BCUT2D eigenvalue weighted by Gasteiger charge is -2.23. The van der Waals surface area contributed by atoms with Gasteiger partial charge in [0.15, 0.2) is 0 Å². The Hall–Kier alpha value is -1.51. The van der Waals surface area contributed by atoms with E-state index in [0.717, 1.165) is 0 Å². The average Bonchev–Trinajstić information content (AvgIpc) is 2.67. The summed E-state index contributed by atoms with van der Waals surface area (Å²) in [6.07, 6.45) is 7.74. The zero-order valence-corrected chi connectivity index (χ0v) is 11.7. The van der Waals surface area contributed by atoms with Crippen LogP contribution in [0.15, 0.2) is 24.3 Å². The number of carbonyl (C=O) groups excluding carboxylic acids is 1. The number of benzene rings is 1. The number of nitrogens with one attached hydrogen (secondary N) is 1. The second-order valence-electron chi connectivity index (χ2n) is 5.64. The molecule has 3 N–H and O–H groups in total. The molecule has 0 aromatic heterocycles. The zero-order chi connectivity index (χ0) is 13.7. The van der Waals surface area contributed by atoms with Gasteiger partial charge in [-0.3, -0.25) is 4.79 Å². The molecule has 0 bridgehead atoms. The fraction of sp³-hybridized carbons (Fsp3) is 0.562. The van der Waals surface area contributed by atoms with E-state index in [9.17, 15) is 4.79 Å². The lowest BCUT2D eigenvalue weighted by molar-refractivity contribution is 0.0924. The molecule has 1 atom stereocenters. The lowest BCUT2D eigenvalue weighted by atomic mass is 9.93. The molecule has 1 saturated carbocycles. The minimum atomic E-state index is -0.0101. The Morgan fingerprint density at radius 2 is 1.95 bits per heavy atom. The molecule has 3 heteroatoms. The maximum atomic E-state index is 12.2. The van der Waals surface area contributed by atoms with Crippen molar-refractivity contribution in [2.75, 3.05) is 5.73 Å². The van der Waals surface area contributed by atoms with Gasteiger partial charge in [0, 0.05) is 17.3 Å². The Kier molecular flexibility index (Phi) is 4.83. The number of nitrogen functional groups attached to an aromatic ring is 1. The van der Waals surface area contributed by atoms with Crippen molar-refractivity contribution in [3.05, 3.63) is 29.8 Å². The van der Waals surface area contributed by atoms with Crippen LogP contribution in [-0.2, 0) is 0 Å². The molecule has 1 fully saturated rings. The van der Waals surface area contributed by atoms with Gasteiger partial charge in [-0.25, -0.2) is 0 Å². The van der Waals surface area contributed by atoms with E-state index in [2.05, 4.69) is 12.2 Å². The summed E-state index contributed by atoms with van der Waals surface area (Å²) >= 11 is 0. The van der Waals surface area contributed by atoms with Gasteiger partial charge in [0.25, 0.3) is 5.91 Å². The molecule has 3 nitrogen and oxygen atoms in total. The Balaban J connectivity index is 1.94. The molecule has 0 spiro atoms. The quantitative estimate of drug-likeness (QED) is 0.647. The first-order valence-electron chi connectivity index (χ1n) is 7.33. The van der Waals surface area contributed by atoms with Gasteiger partial charge < -0.3 is 11.1 Å². The third-order valence-corrected chi connectivity index (χ3v) is 4.11. The van der Waals surface area contributed by atoms with Crippen molar-refractivity contribution in [1.29, 1.82) is 0 Å². The summed E-state index contributed by atoms with van der Waals surface area (Å²) < 4.78 is 0. The molecule has 0 unspecified atom stereocenters. The molecule has 0 aliphatic heterocycles. The van der Waals surface area contributed by atoms with Crippen molar-refractivity contribution in [1.82, 2.24) is 5.32 Å². The minimum absolute atomic E-state index is 0.0101. The van der Waals surface area contributed by atoms with Crippen LogP contribution in [0.1, 0.15) is 55.8 Å². The van der Waals surface area contributed by atoms with Crippen molar-refractivity contribution in [2.45, 2.75) is 51.5 Å². The normalized spacial score (nSPS) is 18.6. The topological polar surface area (TPSA) is 55.1 Å². The average molecular weight is 260 g/mol. The molecule has 104 valence electrons. The number of amides is 1. The van der Waals surface area contributed by atoms with Crippen molar-refractivity contribution < 1.29 is 4.79 Å². The largest absolute Gasteiger partial charge is 0.399 e. The van der Waals surface area contributed by atoms with Crippen LogP contribution in [-0.4, -0.2) is 11.9 Å². The monoisotopic (exact) mass is 260 g/mol. The number of carbonyl (C=O) groups is 1. The summed E-state index contributed by atoms with van der Waals surface area (Å²) in [7, 11) is 0. The summed E-state index contributed by atoms with van der Waals surface area (Å²) in [5, 5.41) is 3.13. The highest BCUT2D eigenvalue weighted by Crippen LogP contribution is 2.25. The molecule has 2 rings (SSSR count). The summed E-state index contributed by atoms with van der Waals surface area (Å²) in [5.41, 5.74) is 7.00. The van der Waals surface area contributed by atoms with Gasteiger partial charge in [-0.05, 0) is 43.9 Å². The van der Waals surface area contributed by atoms with Crippen LogP contribution in [0.25, 0.3) is 0 Å². The molecule has 1 aromatic carbocycles. The number of anilines is 1. The molecule has 1 aliphatic rings. The molecule has 0 radical (unpaired) electrons. The van der Waals surface area contributed by atoms with E-state index in [-0.39, 0.29) is 11.9 Å². The number of rotatable bonds is 3. The second kappa shape index (κ2) is 6.60. The second-order valence-corrected chi connectivity index (χ2v) is 5.64. The number of hydrogen-bond acceptors (Lipinski definition) is 2. The standard InChI is InChI=1S/C16H24N2O/c1-12(13-7-4-2-3-5-8-13)18-16(19)14-9-6-10-15(17)11-14/h6,9-13H,2-5,7-8,17H2,1H3,(H,18,19)/t12-/m0/s1. The third kappa shape index (κ3) is 3.98. The summed E-state index contributed by atoms with van der Waals surface area (Å²) in [4.78, 5) is 12.2. The van der Waals surface area contributed by atoms with E-state index < -0.39 is 0 Å². The maximum absolute atomic E-state index is 12.2. The molecule has 1 aromatic rings. The molecule has 0 saturated heterocycles. The van der Waals surface area contributed by atoms with E-state index in [0.29, 0.717) is 17.2 Å². The van der Waals surface area contributed by atoms with Gasteiger partial charge in [-0.1, -0.05) is 31.7 Å². The molecular weight excluding hydrogens is 236 g/mol. The van der Waals surface area contributed by atoms with Crippen LogP contribution < -0.4 is 11.1 Å². The highest BCUT2D eigenvalue weighted by Gasteiger charge is 2.20. The van der Waals surface area contributed by atoms with E-state index in [1.54, 1.807) is 12.1 Å². The lowest BCUT2D eigenvalue weighted by Crippen LogP contribution is -2.38. The predicted octanol–water partition coefficient (Wildman–Crippen LogP) is 3.36. The SMILES string of the molecule is C[C@H](NC(=O)c1cccc(N)c1)C1CCCCCC1. The van der Waals surface area contributed by atoms with Gasteiger partial charge in [0.1, 0.15) is 0 Å². The Labute approximate surface area is 115 Å². The first-order valence-corrected chi connectivity index (χ1v) is 7.33. The Bertz CT molecular complexity index is 423. The maximum Gasteiger partial charge on any atom is 0.251 e. The van der Waals surface area contributed by atoms with Crippen molar-refractivity contribution in [2.24, 2.45) is 5.92 Å². The van der Waals surface area contributed by atoms with Crippen LogP contribution in [0.3, 0.4) is 0 Å². The summed E-state index contributed by atoms with van der Waals surface area (Å²) in [6.45, 7) is 2.13. The molecular formula is C16H24N2O. The smallest absolute Gasteiger partial charge is 0.251 e. The van der Waals surface area contributed by atoms with E-state index in [4.69, 9.17) is 5.73 Å². The predicted molar refractivity (Wildman–Crippen MR) is 79.0 cm³/mol. The van der Waals surface area contributed by atoms with Crippen molar-refractivity contribution >= 4 is 11.6 Å². The Morgan fingerprint density at radius 3 is 2.58 bits per heavy atom. The number of hydrogen-bond donors (Lipinski definition) is 2. The number of nitrogens with two attached hydrogens (primary N) is 1. The van der Waals surface area contributed by atoms with Gasteiger partial charge >= 0.3 is 0 Å². The molecule has 1 amide bonds. The van der Waals surface area contributed by atoms with Crippen LogP contribution >= 0.6 is 0 Å². The molecule has 0 heterocycles. The summed E-state index contributed by atoms with van der Waals surface area (Å²) in [6, 6.07) is 7.40. The van der Waals surface area contributed by atoms with E-state index in [1.165, 1.54) is 38.5 Å². The van der Waals surface area contributed by atoms with Crippen LogP contribution in [0.5, 0.6) is 0 Å². The fourth-order valence-corrected chi connectivity index (χ4v) is 2.90. The zero-order valence-electron chi connectivity index (χ0n) is 11.7. The van der Waals surface area contributed by atoms with E-state index >= 15 is 0 Å². The highest BCUT2D eigenvalue weighted by molar-refractivity contribution is 5.95.